The van der Waals surface area contributed by atoms with Gasteiger partial charge in [-0.25, -0.2) is 4.98 Å². The smallest absolute Gasteiger partial charge is 0.308 e. The predicted octanol–water partition coefficient (Wildman–Crippen LogP) is 9.24. The van der Waals surface area contributed by atoms with Crippen molar-refractivity contribution in [3.8, 4) is 15.4 Å². The number of hydrogen-bond acceptors (Lipinski definition) is 12. The van der Waals surface area contributed by atoms with E-state index in [1.807, 2.05) is 82.0 Å². The molecule has 0 saturated carbocycles. The third-order valence-corrected chi connectivity index (χ3v) is 15.9. The lowest BCUT2D eigenvalue weighted by Gasteiger charge is -2.36. The van der Waals surface area contributed by atoms with Crippen molar-refractivity contribution < 1.29 is 23.9 Å². The Balaban J connectivity index is 0.925. The van der Waals surface area contributed by atoms with Crippen molar-refractivity contribution in [3.63, 3.8) is 0 Å². The lowest BCUT2D eigenvalue weighted by Crippen LogP contribution is -2.57. The van der Waals surface area contributed by atoms with E-state index < -0.39 is 23.5 Å². The van der Waals surface area contributed by atoms with Crippen LogP contribution in [0.25, 0.3) is 15.4 Å². The Kier molecular flexibility index (Phi) is 13.2. The first-order chi connectivity index (χ1) is 33.0. The van der Waals surface area contributed by atoms with E-state index in [1.54, 1.807) is 27.6 Å². The Morgan fingerprint density at radius 3 is 2.33 bits per heavy atom. The van der Waals surface area contributed by atoms with Gasteiger partial charge in [-0.15, -0.1) is 32.9 Å². The van der Waals surface area contributed by atoms with Crippen LogP contribution in [0.2, 0.25) is 0 Å². The Morgan fingerprint density at radius 2 is 1.64 bits per heavy atom. The molecule has 0 aliphatic carbocycles. The molecule has 3 aromatic carbocycles. The van der Waals surface area contributed by atoms with Gasteiger partial charge in [-0.05, 0) is 112 Å². The molecule has 3 aliphatic rings. The van der Waals surface area contributed by atoms with Crippen LogP contribution in [0.1, 0.15) is 126 Å². The van der Waals surface area contributed by atoms with Crippen molar-refractivity contribution >= 4 is 63.5 Å². The molecule has 2 N–H and O–H groups in total. The van der Waals surface area contributed by atoms with Crippen LogP contribution in [0, 0.1) is 33.1 Å². The summed E-state index contributed by atoms with van der Waals surface area (Å²) in [6.45, 7) is 17.1. The molecule has 16 heteroatoms. The van der Waals surface area contributed by atoms with Crippen LogP contribution in [0.15, 0.2) is 77.2 Å². The Labute approximate surface area is 411 Å². The first kappa shape index (κ1) is 47.5. The molecule has 69 heavy (non-hydrogen) atoms. The van der Waals surface area contributed by atoms with Crippen LogP contribution < -0.4 is 15.5 Å². The van der Waals surface area contributed by atoms with E-state index >= 15 is 0 Å². The van der Waals surface area contributed by atoms with E-state index in [1.165, 1.54) is 7.11 Å². The zero-order chi connectivity index (χ0) is 48.9. The summed E-state index contributed by atoms with van der Waals surface area (Å²) in [7, 11) is 1.38. The monoisotopic (exact) mass is 965 g/mol. The SMILES string of the molecule is COC(=O)C[C@@H]1N=C(c2ccc(N3CCCc4ccc(C(=O)N[C@H](C(=O)N5CCC[C@H]5C(=O)N[C@@H](C)c5ccc(-c6scnc6C)cc5)C(C)(C)C)cc43)cc2)c2c(sc(C)c2C)-n2c(C)nnc21. The minimum absolute atomic E-state index is 0.0230. The molecule has 6 aromatic rings. The van der Waals surface area contributed by atoms with Gasteiger partial charge in [0.25, 0.3) is 5.91 Å². The summed E-state index contributed by atoms with van der Waals surface area (Å²) in [5, 5.41) is 16.1. The summed E-state index contributed by atoms with van der Waals surface area (Å²) in [5.74, 6) is 0.116. The minimum atomic E-state index is -0.881. The third kappa shape index (κ3) is 9.23. The largest absolute Gasteiger partial charge is 0.469 e. The number of aliphatic imine (C=N–C) groups is 1. The van der Waals surface area contributed by atoms with E-state index in [0.29, 0.717) is 30.8 Å². The third-order valence-electron chi connectivity index (χ3n) is 13.7. The Bertz CT molecular complexity index is 2980. The van der Waals surface area contributed by atoms with E-state index in [4.69, 9.17) is 9.73 Å². The molecule has 0 unspecified atom stereocenters. The van der Waals surface area contributed by atoms with Crippen LogP contribution in [0.4, 0.5) is 11.4 Å². The van der Waals surface area contributed by atoms with Crippen molar-refractivity contribution in [2.45, 2.75) is 112 Å². The number of ether oxygens (including phenoxy) is 1. The average Bonchev–Trinajstić information content (AvgIpc) is 4.14. The van der Waals surface area contributed by atoms with Gasteiger partial charge in [0.15, 0.2) is 5.82 Å². The predicted molar refractivity (Wildman–Crippen MR) is 271 cm³/mol. The van der Waals surface area contributed by atoms with E-state index in [2.05, 4.69) is 81.0 Å². The summed E-state index contributed by atoms with van der Waals surface area (Å²) >= 11 is 3.26. The summed E-state index contributed by atoms with van der Waals surface area (Å²) in [4.78, 5) is 71.2. The molecule has 6 heterocycles. The second-order valence-corrected chi connectivity index (χ2v) is 21.5. The molecule has 1 saturated heterocycles. The number of likely N-dealkylation sites (tertiary alicyclic amines) is 1. The molecule has 0 radical (unpaired) electrons. The highest BCUT2D eigenvalue weighted by molar-refractivity contribution is 7.15. The fraction of sp³-hybridized carbons (Fsp3) is 0.396. The van der Waals surface area contributed by atoms with Crippen LogP contribution in [-0.2, 0) is 25.5 Å². The maximum absolute atomic E-state index is 14.5. The number of aromatic nitrogens is 4. The van der Waals surface area contributed by atoms with Gasteiger partial charge in [0, 0.05) is 46.0 Å². The van der Waals surface area contributed by atoms with Gasteiger partial charge in [-0.2, -0.15) is 0 Å². The molecule has 3 aliphatic heterocycles. The van der Waals surface area contributed by atoms with Gasteiger partial charge >= 0.3 is 5.97 Å². The zero-order valence-corrected chi connectivity index (χ0v) is 42.3. The number of nitrogens with zero attached hydrogens (tertiary/aromatic N) is 7. The summed E-state index contributed by atoms with van der Waals surface area (Å²) in [5.41, 5.74) is 11.5. The van der Waals surface area contributed by atoms with Gasteiger partial charge in [0.1, 0.15) is 29.0 Å². The number of carbonyl (C=O) groups excluding carboxylic acids is 4. The number of anilines is 2. The molecule has 358 valence electrons. The number of carbonyl (C=O) groups is 4. The van der Waals surface area contributed by atoms with Crippen LogP contribution >= 0.6 is 22.7 Å². The highest BCUT2D eigenvalue weighted by Crippen LogP contribution is 2.41. The number of esters is 1. The standard InChI is InChI=1S/C53H59N9O5S2/c1-29-32(4)69-52-44(29)45(56-40(27-43(63)67-9)48-59-58-33(5)62(48)52)36-20-22-39(23-21-36)60-24-10-12-35-16-19-38(26-42(35)60)49(64)57-47(53(6,7)8)51(66)61-25-11-13-41(61)50(65)55-30(2)34-14-17-37(18-15-34)46-31(3)54-28-68-46/h14-23,26,28,30,40-41,47H,10-13,24-25,27H2,1-9H3,(H,55,65)(H,57,64)/t30-,40-,41-,47+/m0/s1. The van der Waals surface area contributed by atoms with E-state index in [-0.39, 0.29) is 36.2 Å². The van der Waals surface area contributed by atoms with Gasteiger partial charge in [0.05, 0.1) is 41.4 Å². The number of thiophene rings is 1. The van der Waals surface area contributed by atoms with Crippen molar-refractivity contribution in [1.82, 2.24) is 35.3 Å². The molecule has 3 amide bonds. The molecule has 3 aromatic heterocycles. The summed E-state index contributed by atoms with van der Waals surface area (Å²) < 4.78 is 7.10. The normalized spacial score (nSPS) is 17.5. The van der Waals surface area contributed by atoms with Gasteiger partial charge < -0.3 is 25.2 Å². The summed E-state index contributed by atoms with van der Waals surface area (Å²) in [6.07, 6.45) is 3.05. The zero-order valence-electron chi connectivity index (χ0n) is 40.7. The van der Waals surface area contributed by atoms with Crippen molar-refractivity contribution in [2.75, 3.05) is 25.1 Å². The number of hydrogen-bond donors (Lipinski definition) is 2. The Hall–Kier alpha value is -6.52. The van der Waals surface area contributed by atoms with E-state index in [9.17, 15) is 19.2 Å². The van der Waals surface area contributed by atoms with Gasteiger partial charge in [-0.3, -0.25) is 28.7 Å². The number of benzene rings is 3. The van der Waals surface area contributed by atoms with E-state index in [0.717, 1.165) is 96.1 Å². The quantitative estimate of drug-likeness (QED) is 0.121. The first-order valence-electron chi connectivity index (χ1n) is 23.6. The number of aryl methyl sites for hydroxylation is 4. The molecule has 4 atom stereocenters. The molecule has 9 rings (SSSR count). The van der Waals surface area contributed by atoms with Gasteiger partial charge in [0.2, 0.25) is 11.8 Å². The maximum Gasteiger partial charge on any atom is 0.308 e. The van der Waals surface area contributed by atoms with Gasteiger partial charge in [-0.1, -0.05) is 63.2 Å². The minimum Gasteiger partial charge on any atom is -0.469 e. The summed E-state index contributed by atoms with van der Waals surface area (Å²) in [6, 6.07) is 19.8. The molecule has 1 fully saturated rings. The second kappa shape index (κ2) is 19.1. The highest BCUT2D eigenvalue weighted by atomic mass is 32.1. The maximum atomic E-state index is 14.5. The van der Waals surface area contributed by atoms with Crippen LogP contribution in [0.5, 0.6) is 0 Å². The number of thiazole rings is 1. The van der Waals surface area contributed by atoms with Crippen LogP contribution in [-0.4, -0.2) is 86.3 Å². The van der Waals surface area contributed by atoms with Crippen LogP contribution in [0.3, 0.4) is 0 Å². The number of fused-ring (bicyclic) bond motifs is 4. The number of rotatable bonds is 11. The molecule has 0 spiro atoms. The lowest BCUT2D eigenvalue weighted by molar-refractivity contribution is -0.142. The second-order valence-electron chi connectivity index (χ2n) is 19.4. The van der Waals surface area contributed by atoms with Crippen molar-refractivity contribution in [2.24, 2.45) is 10.4 Å². The fourth-order valence-corrected chi connectivity index (χ4v) is 11.8. The fourth-order valence-electron chi connectivity index (χ4n) is 9.78. The average molecular weight is 966 g/mol. The number of amides is 3. The highest BCUT2D eigenvalue weighted by Gasteiger charge is 2.42. The molecular weight excluding hydrogens is 907 g/mol. The first-order valence-corrected chi connectivity index (χ1v) is 25.3. The molecular formula is C53H59N9O5S2. The molecule has 14 nitrogen and oxygen atoms in total. The van der Waals surface area contributed by atoms with Crippen molar-refractivity contribution in [3.05, 3.63) is 128 Å². The Morgan fingerprint density at radius 1 is 0.899 bits per heavy atom. The lowest BCUT2D eigenvalue weighted by atomic mass is 9.85. The van der Waals surface area contributed by atoms with Crippen molar-refractivity contribution in [1.29, 1.82) is 0 Å². The molecule has 0 bridgehead atoms. The topological polar surface area (TPSA) is 164 Å². The number of methoxy groups -OCH3 is 1. The number of nitrogens with one attached hydrogen (secondary N) is 2.